The molecule has 70 valence electrons. The summed E-state index contributed by atoms with van der Waals surface area (Å²) in [7, 11) is -0.0785. The molecule has 4 heteroatoms. The van der Waals surface area contributed by atoms with Crippen molar-refractivity contribution in [2.45, 2.75) is 38.9 Å². The molecule has 1 aliphatic rings. The van der Waals surface area contributed by atoms with E-state index in [0.717, 1.165) is 0 Å². The lowest BCUT2D eigenvalue weighted by Gasteiger charge is -2.32. The minimum Gasteiger partial charge on any atom is -0.394 e. The Hall–Kier alpha value is 0.205. The van der Waals surface area contributed by atoms with E-state index in [-0.39, 0.29) is 27.9 Å². The Bertz CT molecular complexity index is 197. The van der Waals surface area contributed by atoms with E-state index in [9.17, 15) is 0 Å². The molecule has 0 spiro atoms. The third kappa shape index (κ3) is 1.61. The molecular formula is C8H17BO2S. The SMILES string of the molecule is C=S(C)B1OC(C)(C)C(C)(C)O1. The van der Waals surface area contributed by atoms with Gasteiger partial charge in [0.15, 0.2) is 0 Å². The molecule has 0 radical (unpaired) electrons. The Morgan fingerprint density at radius 1 is 1.08 bits per heavy atom. The highest BCUT2D eigenvalue weighted by Crippen LogP contribution is 2.40. The smallest absolute Gasteiger partial charge is 0.394 e. The van der Waals surface area contributed by atoms with Crippen LogP contribution in [0.3, 0.4) is 0 Å². The maximum atomic E-state index is 5.75. The lowest BCUT2D eigenvalue weighted by molar-refractivity contribution is 0.00578. The summed E-state index contributed by atoms with van der Waals surface area (Å²) in [5.41, 5.74) is -0.423. The lowest BCUT2D eigenvalue weighted by Crippen LogP contribution is -2.41. The highest BCUT2D eigenvalue weighted by molar-refractivity contribution is 8.35. The van der Waals surface area contributed by atoms with Crippen LogP contribution in [0.2, 0.25) is 0 Å². The molecule has 2 nitrogen and oxygen atoms in total. The summed E-state index contributed by atoms with van der Waals surface area (Å²) in [6, 6.07) is 0. The molecule has 1 unspecified atom stereocenters. The van der Waals surface area contributed by atoms with Gasteiger partial charge in [-0.25, -0.2) is 0 Å². The topological polar surface area (TPSA) is 18.5 Å². The normalized spacial score (nSPS) is 28.9. The number of hydrogen-bond acceptors (Lipinski definition) is 2. The molecule has 0 N–H and O–H groups in total. The summed E-state index contributed by atoms with van der Waals surface area (Å²) < 4.78 is 11.5. The zero-order chi connectivity index (χ0) is 9.57. The Kier molecular flexibility index (Phi) is 2.45. The van der Waals surface area contributed by atoms with Gasteiger partial charge < -0.3 is 9.31 Å². The number of rotatable bonds is 1. The van der Waals surface area contributed by atoms with Crippen molar-refractivity contribution in [1.29, 1.82) is 0 Å². The second kappa shape index (κ2) is 2.86. The van der Waals surface area contributed by atoms with E-state index in [1.54, 1.807) is 0 Å². The standard InChI is InChI=1S/C8H17BO2S/c1-7(2)8(3,4)11-9(10-7)12(5)6/h5H2,1-4,6H3. The van der Waals surface area contributed by atoms with Crippen LogP contribution in [0.1, 0.15) is 27.7 Å². The van der Waals surface area contributed by atoms with Crippen molar-refractivity contribution in [2.75, 3.05) is 6.26 Å². The maximum Gasteiger partial charge on any atom is 0.526 e. The molecule has 1 heterocycles. The van der Waals surface area contributed by atoms with E-state index >= 15 is 0 Å². The predicted molar refractivity (Wildman–Crippen MR) is 56.7 cm³/mol. The van der Waals surface area contributed by atoms with Crippen LogP contribution in [0.5, 0.6) is 0 Å². The van der Waals surface area contributed by atoms with E-state index in [2.05, 4.69) is 33.6 Å². The van der Waals surface area contributed by atoms with Gasteiger partial charge in [0.2, 0.25) is 0 Å². The van der Waals surface area contributed by atoms with Crippen LogP contribution in [0.4, 0.5) is 0 Å². The zero-order valence-electron chi connectivity index (χ0n) is 8.51. The van der Waals surface area contributed by atoms with Crippen molar-refractivity contribution in [3.63, 3.8) is 0 Å². The molecule has 0 aromatic heterocycles. The Balaban J connectivity index is 2.81. The van der Waals surface area contributed by atoms with Gasteiger partial charge in [-0.2, -0.15) is 10.3 Å². The molecule has 1 rings (SSSR count). The Labute approximate surface area is 77.6 Å². The van der Waals surface area contributed by atoms with Gasteiger partial charge >= 0.3 is 6.40 Å². The first kappa shape index (κ1) is 10.3. The fourth-order valence-electron chi connectivity index (χ4n) is 0.953. The van der Waals surface area contributed by atoms with Gasteiger partial charge in [0.1, 0.15) is 0 Å². The summed E-state index contributed by atoms with van der Waals surface area (Å²) in [6.45, 7) is 8.22. The zero-order valence-corrected chi connectivity index (χ0v) is 9.33. The minimum absolute atomic E-state index is 0.0785. The van der Waals surface area contributed by atoms with Crippen LogP contribution < -0.4 is 0 Å². The lowest BCUT2D eigenvalue weighted by atomic mass is 9.90. The van der Waals surface area contributed by atoms with E-state index in [1.165, 1.54) is 0 Å². The largest absolute Gasteiger partial charge is 0.526 e. The summed E-state index contributed by atoms with van der Waals surface area (Å²) in [5.74, 6) is 3.93. The average Bonchev–Trinajstić information content (AvgIpc) is 2.03. The van der Waals surface area contributed by atoms with Crippen molar-refractivity contribution in [3.8, 4) is 0 Å². The first-order valence-electron chi connectivity index (χ1n) is 4.06. The first-order chi connectivity index (χ1) is 5.26. The van der Waals surface area contributed by atoms with Crippen LogP contribution in [0.25, 0.3) is 0 Å². The highest BCUT2D eigenvalue weighted by Gasteiger charge is 2.51. The van der Waals surface area contributed by atoms with Crippen LogP contribution in [0, 0.1) is 0 Å². The van der Waals surface area contributed by atoms with Gasteiger partial charge in [-0.15, -0.1) is 0 Å². The quantitative estimate of drug-likeness (QED) is 0.462. The van der Waals surface area contributed by atoms with Crippen LogP contribution >= 0.6 is 10.3 Å². The third-order valence-electron chi connectivity index (χ3n) is 2.56. The second-order valence-corrected chi connectivity index (χ2v) is 6.00. The predicted octanol–water partition coefficient (Wildman–Crippen LogP) is 1.91. The summed E-state index contributed by atoms with van der Waals surface area (Å²) in [4.78, 5) is 0. The number of hydrogen-bond donors (Lipinski definition) is 0. The summed E-state index contributed by atoms with van der Waals surface area (Å²) in [5, 5.41) is 0. The van der Waals surface area contributed by atoms with E-state index in [0.29, 0.717) is 0 Å². The van der Waals surface area contributed by atoms with Crippen LogP contribution in [0.15, 0.2) is 0 Å². The van der Waals surface area contributed by atoms with Crippen LogP contribution in [-0.2, 0) is 9.31 Å². The Morgan fingerprint density at radius 3 is 1.58 bits per heavy atom. The monoisotopic (exact) mass is 188 g/mol. The van der Waals surface area contributed by atoms with Crippen molar-refractivity contribution in [1.82, 2.24) is 0 Å². The molecule has 0 amide bonds. The van der Waals surface area contributed by atoms with Crippen molar-refractivity contribution in [2.24, 2.45) is 0 Å². The molecule has 12 heavy (non-hydrogen) atoms. The molecule has 1 aliphatic heterocycles. The molecule has 1 fully saturated rings. The van der Waals surface area contributed by atoms with Crippen LogP contribution in [-0.4, -0.2) is 29.7 Å². The molecule has 0 aromatic rings. The Morgan fingerprint density at radius 2 is 1.42 bits per heavy atom. The molecule has 1 atom stereocenters. The van der Waals surface area contributed by atoms with Crippen molar-refractivity contribution in [3.05, 3.63) is 0 Å². The van der Waals surface area contributed by atoms with E-state index in [1.807, 2.05) is 6.26 Å². The van der Waals surface area contributed by atoms with Crippen molar-refractivity contribution < 1.29 is 9.31 Å². The van der Waals surface area contributed by atoms with Gasteiger partial charge in [0.05, 0.1) is 11.2 Å². The van der Waals surface area contributed by atoms with Gasteiger partial charge in [-0.1, -0.05) is 5.87 Å². The molecular weight excluding hydrogens is 171 g/mol. The summed E-state index contributed by atoms with van der Waals surface area (Å²) in [6.07, 6.45) is 1.90. The fraction of sp³-hybridized carbons (Fsp3) is 0.875. The van der Waals surface area contributed by atoms with Gasteiger partial charge in [0, 0.05) is 0 Å². The molecule has 0 bridgehead atoms. The first-order valence-corrected chi connectivity index (χ1v) is 5.93. The van der Waals surface area contributed by atoms with Gasteiger partial charge in [-0.3, -0.25) is 0 Å². The highest BCUT2D eigenvalue weighted by atomic mass is 32.2. The molecule has 0 aliphatic carbocycles. The molecule has 0 saturated carbocycles. The van der Waals surface area contributed by atoms with E-state index in [4.69, 9.17) is 9.31 Å². The van der Waals surface area contributed by atoms with Gasteiger partial charge in [0.25, 0.3) is 0 Å². The van der Waals surface area contributed by atoms with Gasteiger partial charge in [-0.05, 0) is 34.0 Å². The molecule has 0 aromatic carbocycles. The van der Waals surface area contributed by atoms with Crippen molar-refractivity contribution >= 4 is 22.6 Å². The molecule has 1 saturated heterocycles. The maximum absolute atomic E-state index is 5.75. The fourth-order valence-corrected chi connectivity index (χ4v) is 1.76. The second-order valence-electron chi connectivity index (χ2n) is 4.24. The van der Waals surface area contributed by atoms with E-state index < -0.39 is 0 Å². The average molecular weight is 188 g/mol. The minimum atomic E-state index is -0.212. The third-order valence-corrected chi connectivity index (χ3v) is 3.41. The summed E-state index contributed by atoms with van der Waals surface area (Å²) >= 11 is 0.